The number of ketones is 1. The molecule has 0 aliphatic rings. The molecule has 0 radical (unpaired) electrons. The van der Waals surface area contributed by atoms with E-state index >= 15 is 0 Å². The fraction of sp³-hybridized carbons (Fsp3) is 0.900. The van der Waals surface area contributed by atoms with Crippen molar-refractivity contribution < 1.29 is 4.79 Å². The molecule has 0 spiro atoms. The number of nitrogens with zero attached hydrogens (tertiary/aromatic N) is 1. The smallest absolute Gasteiger partial charge is 0.132 e. The lowest BCUT2D eigenvalue weighted by Crippen LogP contribution is -2.22. The Morgan fingerprint density at radius 1 is 1.38 bits per heavy atom. The van der Waals surface area contributed by atoms with Gasteiger partial charge < -0.3 is 4.90 Å². The Morgan fingerprint density at radius 3 is 2.62 bits per heavy atom. The van der Waals surface area contributed by atoms with Gasteiger partial charge in [-0.3, -0.25) is 4.79 Å². The van der Waals surface area contributed by atoms with E-state index in [1.165, 1.54) is 5.75 Å². The molecule has 0 fully saturated rings. The fourth-order valence-electron chi connectivity index (χ4n) is 1.08. The highest BCUT2D eigenvalue weighted by atomic mass is 32.2. The van der Waals surface area contributed by atoms with Crippen molar-refractivity contribution >= 4 is 17.5 Å². The summed E-state index contributed by atoms with van der Waals surface area (Å²) in [6, 6.07) is 0. The number of Topliss-reactive ketones (excluding diaryl/α,β-unsaturated/α-hetero) is 1. The first kappa shape index (κ1) is 13.0. The molecule has 0 aliphatic heterocycles. The molecule has 0 saturated heterocycles. The van der Waals surface area contributed by atoms with Gasteiger partial charge in [0.2, 0.25) is 0 Å². The molecule has 0 aromatic rings. The third-order valence-corrected chi connectivity index (χ3v) is 2.66. The van der Waals surface area contributed by atoms with Gasteiger partial charge in [0.1, 0.15) is 5.78 Å². The third-order valence-electron chi connectivity index (χ3n) is 2.07. The maximum atomic E-state index is 11.0. The van der Waals surface area contributed by atoms with Crippen LogP contribution in [0.3, 0.4) is 0 Å². The van der Waals surface area contributed by atoms with Crippen LogP contribution in [0.5, 0.6) is 0 Å². The Labute approximate surface area is 86.1 Å². The van der Waals surface area contributed by atoms with E-state index in [2.05, 4.69) is 18.2 Å². The quantitative estimate of drug-likeness (QED) is 0.602. The van der Waals surface area contributed by atoms with E-state index in [0.717, 1.165) is 25.9 Å². The van der Waals surface area contributed by atoms with Crippen LogP contribution in [0.4, 0.5) is 0 Å². The van der Waals surface area contributed by atoms with E-state index in [0.29, 0.717) is 12.2 Å². The van der Waals surface area contributed by atoms with Crippen LogP contribution in [0.15, 0.2) is 0 Å². The average molecular weight is 203 g/mol. The maximum Gasteiger partial charge on any atom is 0.132 e. The Morgan fingerprint density at radius 2 is 2.08 bits per heavy atom. The van der Waals surface area contributed by atoms with Gasteiger partial charge in [-0.05, 0) is 26.3 Å². The van der Waals surface area contributed by atoms with Crippen molar-refractivity contribution in [3.63, 3.8) is 0 Å². The first-order valence-electron chi connectivity index (χ1n) is 4.89. The van der Waals surface area contributed by atoms with Gasteiger partial charge in [0.25, 0.3) is 0 Å². The van der Waals surface area contributed by atoms with E-state index in [-0.39, 0.29) is 0 Å². The van der Waals surface area contributed by atoms with E-state index < -0.39 is 0 Å². The summed E-state index contributed by atoms with van der Waals surface area (Å²) in [4.78, 5) is 13.3. The highest BCUT2D eigenvalue weighted by Crippen LogP contribution is 1.98. The van der Waals surface area contributed by atoms with Crippen LogP contribution in [0.2, 0.25) is 0 Å². The third kappa shape index (κ3) is 8.31. The summed E-state index contributed by atoms with van der Waals surface area (Å²) in [5.41, 5.74) is 0. The molecular weight excluding hydrogens is 182 g/mol. The number of hydrogen-bond donors (Lipinski definition) is 0. The van der Waals surface area contributed by atoms with Crippen molar-refractivity contribution in [2.24, 2.45) is 0 Å². The standard InChI is InChI=1S/C10H21NOS/c1-4-10(12)6-5-7-11(2)8-9-13-3/h4-9H2,1-3H3. The number of carbonyl (C=O) groups is 1. The second-order valence-corrected chi connectivity index (χ2v) is 4.28. The number of rotatable bonds is 8. The molecule has 0 amide bonds. The van der Waals surface area contributed by atoms with Crippen LogP contribution in [0.1, 0.15) is 26.2 Å². The van der Waals surface area contributed by atoms with Crippen molar-refractivity contribution in [3.05, 3.63) is 0 Å². The topological polar surface area (TPSA) is 20.3 Å². The Hall–Kier alpha value is -0.0200. The lowest BCUT2D eigenvalue weighted by Gasteiger charge is -2.14. The van der Waals surface area contributed by atoms with Crippen molar-refractivity contribution in [1.82, 2.24) is 4.90 Å². The molecule has 0 saturated carbocycles. The summed E-state index contributed by atoms with van der Waals surface area (Å²) in [5.74, 6) is 1.57. The van der Waals surface area contributed by atoms with Gasteiger partial charge in [0.05, 0.1) is 0 Å². The minimum Gasteiger partial charge on any atom is -0.306 e. The Balaban J connectivity index is 3.26. The van der Waals surface area contributed by atoms with Gasteiger partial charge in [-0.25, -0.2) is 0 Å². The highest BCUT2D eigenvalue weighted by molar-refractivity contribution is 7.98. The normalized spacial score (nSPS) is 10.8. The van der Waals surface area contributed by atoms with Crippen molar-refractivity contribution in [2.45, 2.75) is 26.2 Å². The molecule has 0 unspecified atom stereocenters. The number of hydrogen-bond acceptors (Lipinski definition) is 3. The number of carbonyl (C=O) groups excluding carboxylic acids is 1. The predicted octanol–water partition coefficient (Wildman–Crippen LogP) is 2.04. The van der Waals surface area contributed by atoms with Crippen LogP contribution in [-0.4, -0.2) is 42.8 Å². The zero-order valence-electron chi connectivity index (χ0n) is 9.01. The first-order valence-corrected chi connectivity index (χ1v) is 6.29. The first-order chi connectivity index (χ1) is 6.20. The second kappa shape index (κ2) is 8.57. The summed E-state index contributed by atoms with van der Waals surface area (Å²) in [6.07, 6.45) is 4.57. The summed E-state index contributed by atoms with van der Waals surface area (Å²) >= 11 is 1.87. The molecule has 0 atom stereocenters. The largest absolute Gasteiger partial charge is 0.306 e. The molecular formula is C10H21NOS. The van der Waals surface area contributed by atoms with Crippen LogP contribution in [0.25, 0.3) is 0 Å². The van der Waals surface area contributed by atoms with Crippen LogP contribution < -0.4 is 0 Å². The van der Waals surface area contributed by atoms with E-state index in [1.54, 1.807) is 0 Å². The lowest BCUT2D eigenvalue weighted by molar-refractivity contribution is -0.118. The van der Waals surface area contributed by atoms with Crippen molar-refractivity contribution in [2.75, 3.05) is 32.1 Å². The molecule has 3 heteroatoms. The second-order valence-electron chi connectivity index (χ2n) is 3.29. The molecule has 0 rings (SSSR count). The minimum absolute atomic E-state index is 0.387. The molecule has 2 nitrogen and oxygen atoms in total. The molecule has 0 N–H and O–H groups in total. The molecule has 0 bridgehead atoms. The van der Waals surface area contributed by atoms with Crippen molar-refractivity contribution in [1.29, 1.82) is 0 Å². The van der Waals surface area contributed by atoms with E-state index in [4.69, 9.17) is 0 Å². The highest BCUT2D eigenvalue weighted by Gasteiger charge is 2.00. The molecule has 0 aliphatic carbocycles. The van der Waals surface area contributed by atoms with Crippen LogP contribution in [-0.2, 0) is 4.79 Å². The Bertz CT molecular complexity index is 139. The summed E-state index contributed by atoms with van der Waals surface area (Å²) < 4.78 is 0. The molecule has 78 valence electrons. The lowest BCUT2D eigenvalue weighted by atomic mass is 10.2. The summed E-state index contributed by atoms with van der Waals surface area (Å²) in [5, 5.41) is 0. The molecule has 0 heterocycles. The van der Waals surface area contributed by atoms with Gasteiger partial charge in [-0.1, -0.05) is 6.92 Å². The van der Waals surface area contributed by atoms with Gasteiger partial charge >= 0.3 is 0 Å². The van der Waals surface area contributed by atoms with Gasteiger partial charge in [0, 0.05) is 25.1 Å². The van der Waals surface area contributed by atoms with Gasteiger partial charge in [0.15, 0.2) is 0 Å². The zero-order valence-corrected chi connectivity index (χ0v) is 9.82. The zero-order chi connectivity index (χ0) is 10.1. The van der Waals surface area contributed by atoms with Crippen LogP contribution in [0, 0.1) is 0 Å². The fourth-order valence-corrected chi connectivity index (χ4v) is 1.58. The Kier molecular flexibility index (Phi) is 8.56. The molecule has 13 heavy (non-hydrogen) atoms. The summed E-state index contributed by atoms with van der Waals surface area (Å²) in [7, 11) is 2.12. The predicted molar refractivity (Wildman–Crippen MR) is 60.4 cm³/mol. The van der Waals surface area contributed by atoms with Gasteiger partial charge in [-0.15, -0.1) is 0 Å². The average Bonchev–Trinajstić information content (AvgIpc) is 2.14. The van der Waals surface area contributed by atoms with Crippen molar-refractivity contribution in [3.8, 4) is 0 Å². The van der Waals surface area contributed by atoms with E-state index in [1.807, 2.05) is 18.7 Å². The van der Waals surface area contributed by atoms with Gasteiger partial charge in [-0.2, -0.15) is 11.8 Å². The SMILES string of the molecule is CCC(=O)CCCN(C)CCSC. The molecule has 0 aromatic carbocycles. The molecule has 0 aromatic heterocycles. The summed E-state index contributed by atoms with van der Waals surface area (Å²) in [6.45, 7) is 4.10. The minimum atomic E-state index is 0.387. The maximum absolute atomic E-state index is 11.0. The van der Waals surface area contributed by atoms with E-state index in [9.17, 15) is 4.79 Å². The number of thioether (sulfide) groups is 1. The van der Waals surface area contributed by atoms with Crippen LogP contribution >= 0.6 is 11.8 Å². The monoisotopic (exact) mass is 203 g/mol.